The average molecular weight is 379 g/mol. The van der Waals surface area contributed by atoms with Gasteiger partial charge in [-0.2, -0.15) is 0 Å². The standard InChI is InChI=1S/C23H30N4O/c1-18-6-5-13-27(17-18)22-10-9-21(24-25-22)23(28)26-14-11-20(12-15-26)16-19-7-3-2-4-8-19/h2-4,7-10,18,20H,5-6,11-17H2,1H3. The van der Waals surface area contributed by atoms with Gasteiger partial charge in [0, 0.05) is 26.2 Å². The highest BCUT2D eigenvalue weighted by Crippen LogP contribution is 2.24. The minimum atomic E-state index is 0.0178. The Morgan fingerprint density at radius 1 is 1.00 bits per heavy atom. The lowest BCUT2D eigenvalue weighted by Gasteiger charge is -2.32. The first kappa shape index (κ1) is 18.9. The molecule has 2 saturated heterocycles. The summed E-state index contributed by atoms with van der Waals surface area (Å²) in [5.41, 5.74) is 1.86. The van der Waals surface area contributed by atoms with Gasteiger partial charge in [-0.3, -0.25) is 4.79 Å². The van der Waals surface area contributed by atoms with Crippen LogP contribution in [0.1, 0.15) is 48.7 Å². The topological polar surface area (TPSA) is 49.3 Å². The van der Waals surface area contributed by atoms with Crippen molar-refractivity contribution < 1.29 is 4.79 Å². The molecule has 4 rings (SSSR count). The molecule has 0 bridgehead atoms. The Hall–Kier alpha value is -2.43. The number of likely N-dealkylation sites (tertiary alicyclic amines) is 1. The molecule has 5 heteroatoms. The van der Waals surface area contributed by atoms with Crippen LogP contribution in [-0.4, -0.2) is 47.2 Å². The predicted molar refractivity (Wildman–Crippen MR) is 111 cm³/mol. The Balaban J connectivity index is 1.31. The molecular formula is C23H30N4O. The summed E-state index contributed by atoms with van der Waals surface area (Å²) in [5.74, 6) is 2.25. The Morgan fingerprint density at radius 3 is 2.46 bits per heavy atom. The average Bonchev–Trinajstić information content (AvgIpc) is 2.75. The van der Waals surface area contributed by atoms with Gasteiger partial charge in [-0.15, -0.1) is 10.2 Å². The first-order valence-electron chi connectivity index (χ1n) is 10.6. The summed E-state index contributed by atoms with van der Waals surface area (Å²) in [6, 6.07) is 14.4. The molecule has 0 saturated carbocycles. The van der Waals surface area contributed by atoms with Crippen molar-refractivity contribution in [2.45, 2.75) is 39.0 Å². The van der Waals surface area contributed by atoms with E-state index in [-0.39, 0.29) is 5.91 Å². The van der Waals surface area contributed by atoms with Crippen molar-refractivity contribution in [3.63, 3.8) is 0 Å². The van der Waals surface area contributed by atoms with Crippen molar-refractivity contribution in [1.82, 2.24) is 15.1 Å². The first-order chi connectivity index (χ1) is 13.7. The Bertz CT molecular complexity index is 769. The van der Waals surface area contributed by atoms with Crippen LogP contribution in [0.2, 0.25) is 0 Å². The normalized spacial score (nSPS) is 21.0. The highest BCUT2D eigenvalue weighted by atomic mass is 16.2. The fraction of sp³-hybridized carbons (Fsp3) is 0.522. The molecule has 2 aliphatic rings. The zero-order valence-corrected chi connectivity index (χ0v) is 16.8. The number of hydrogen-bond acceptors (Lipinski definition) is 4. The van der Waals surface area contributed by atoms with Crippen LogP contribution in [-0.2, 0) is 6.42 Å². The zero-order valence-electron chi connectivity index (χ0n) is 16.8. The number of carbonyl (C=O) groups excluding carboxylic acids is 1. The molecule has 0 spiro atoms. The van der Waals surface area contributed by atoms with Gasteiger partial charge in [0.15, 0.2) is 11.5 Å². The van der Waals surface area contributed by atoms with Crippen LogP contribution in [0.3, 0.4) is 0 Å². The van der Waals surface area contributed by atoms with Crippen molar-refractivity contribution in [3.05, 3.63) is 53.7 Å². The molecule has 2 aliphatic heterocycles. The van der Waals surface area contributed by atoms with Crippen LogP contribution >= 0.6 is 0 Å². The first-order valence-corrected chi connectivity index (χ1v) is 10.6. The highest BCUT2D eigenvalue weighted by Gasteiger charge is 2.25. The summed E-state index contributed by atoms with van der Waals surface area (Å²) >= 11 is 0. The fourth-order valence-electron chi connectivity index (χ4n) is 4.46. The van der Waals surface area contributed by atoms with Crippen LogP contribution in [0.5, 0.6) is 0 Å². The number of piperidine rings is 2. The molecule has 2 fully saturated rings. The van der Waals surface area contributed by atoms with Crippen molar-refractivity contribution in [3.8, 4) is 0 Å². The molecule has 1 unspecified atom stereocenters. The number of hydrogen-bond donors (Lipinski definition) is 0. The number of rotatable bonds is 4. The van der Waals surface area contributed by atoms with E-state index in [2.05, 4.69) is 52.4 Å². The second kappa shape index (κ2) is 8.72. The van der Waals surface area contributed by atoms with Gasteiger partial charge in [0.2, 0.25) is 0 Å². The van der Waals surface area contributed by atoms with E-state index in [1.165, 1.54) is 18.4 Å². The van der Waals surface area contributed by atoms with E-state index in [1.54, 1.807) is 0 Å². The number of anilines is 1. The maximum absolute atomic E-state index is 12.8. The fourth-order valence-corrected chi connectivity index (χ4v) is 4.46. The van der Waals surface area contributed by atoms with Gasteiger partial charge in [-0.1, -0.05) is 37.3 Å². The summed E-state index contributed by atoms with van der Waals surface area (Å²) < 4.78 is 0. The van der Waals surface area contributed by atoms with Gasteiger partial charge in [0.1, 0.15) is 0 Å². The SMILES string of the molecule is CC1CCCN(c2ccc(C(=O)N3CCC(Cc4ccccc4)CC3)nn2)C1. The van der Waals surface area contributed by atoms with Gasteiger partial charge in [0.25, 0.3) is 5.91 Å². The third kappa shape index (κ3) is 4.51. The molecule has 1 amide bonds. The molecule has 0 aliphatic carbocycles. The molecule has 1 atom stereocenters. The van der Waals surface area contributed by atoms with E-state index >= 15 is 0 Å². The van der Waals surface area contributed by atoms with Crippen molar-refractivity contribution in [2.75, 3.05) is 31.1 Å². The number of carbonyl (C=O) groups is 1. The molecule has 148 valence electrons. The van der Waals surface area contributed by atoms with E-state index in [9.17, 15) is 4.79 Å². The Labute approximate surface area is 167 Å². The maximum Gasteiger partial charge on any atom is 0.274 e. The highest BCUT2D eigenvalue weighted by molar-refractivity contribution is 5.92. The maximum atomic E-state index is 12.8. The van der Waals surface area contributed by atoms with Crippen molar-refractivity contribution >= 4 is 11.7 Å². The monoisotopic (exact) mass is 378 g/mol. The summed E-state index contributed by atoms with van der Waals surface area (Å²) in [7, 11) is 0. The lowest BCUT2D eigenvalue weighted by Crippen LogP contribution is -2.39. The molecule has 1 aromatic heterocycles. The van der Waals surface area contributed by atoms with Crippen LogP contribution in [0.25, 0.3) is 0 Å². The second-order valence-corrected chi connectivity index (χ2v) is 8.40. The van der Waals surface area contributed by atoms with Crippen molar-refractivity contribution in [1.29, 1.82) is 0 Å². The minimum Gasteiger partial charge on any atom is -0.355 e. The van der Waals surface area contributed by atoms with E-state index in [4.69, 9.17) is 0 Å². The van der Waals surface area contributed by atoms with Gasteiger partial charge >= 0.3 is 0 Å². The zero-order chi connectivity index (χ0) is 19.3. The van der Waals surface area contributed by atoms with Gasteiger partial charge in [0.05, 0.1) is 0 Å². The van der Waals surface area contributed by atoms with Crippen molar-refractivity contribution in [2.24, 2.45) is 11.8 Å². The molecule has 0 N–H and O–H groups in total. The predicted octanol–water partition coefficient (Wildman–Crippen LogP) is 3.81. The molecule has 5 nitrogen and oxygen atoms in total. The van der Waals surface area contributed by atoms with E-state index in [0.717, 1.165) is 51.3 Å². The van der Waals surface area contributed by atoms with Gasteiger partial charge in [-0.25, -0.2) is 0 Å². The van der Waals surface area contributed by atoms with Crippen LogP contribution in [0.4, 0.5) is 5.82 Å². The molecule has 2 aromatic rings. The molecule has 28 heavy (non-hydrogen) atoms. The third-order valence-corrected chi connectivity index (χ3v) is 6.12. The summed E-state index contributed by atoms with van der Waals surface area (Å²) in [6.07, 6.45) is 5.68. The van der Waals surface area contributed by atoms with Crippen LogP contribution in [0.15, 0.2) is 42.5 Å². The smallest absolute Gasteiger partial charge is 0.274 e. The lowest BCUT2D eigenvalue weighted by atomic mass is 9.90. The molecule has 0 radical (unpaired) electrons. The van der Waals surface area contributed by atoms with E-state index < -0.39 is 0 Å². The largest absolute Gasteiger partial charge is 0.355 e. The lowest BCUT2D eigenvalue weighted by molar-refractivity contribution is 0.0683. The molecule has 1 aromatic carbocycles. The number of nitrogens with zero attached hydrogens (tertiary/aromatic N) is 4. The number of aromatic nitrogens is 2. The number of benzene rings is 1. The Kier molecular flexibility index (Phi) is 5.89. The summed E-state index contributed by atoms with van der Waals surface area (Å²) in [5, 5.41) is 8.61. The van der Waals surface area contributed by atoms with E-state index in [1.807, 2.05) is 17.0 Å². The quantitative estimate of drug-likeness (QED) is 0.812. The third-order valence-electron chi connectivity index (χ3n) is 6.12. The molecule has 3 heterocycles. The summed E-state index contributed by atoms with van der Waals surface area (Å²) in [4.78, 5) is 17.0. The van der Waals surface area contributed by atoms with Gasteiger partial charge in [-0.05, 0) is 61.6 Å². The molecular weight excluding hydrogens is 348 g/mol. The summed E-state index contributed by atoms with van der Waals surface area (Å²) in [6.45, 7) is 5.95. The van der Waals surface area contributed by atoms with Gasteiger partial charge < -0.3 is 9.80 Å². The second-order valence-electron chi connectivity index (χ2n) is 8.40. The van der Waals surface area contributed by atoms with E-state index in [0.29, 0.717) is 17.5 Å². The number of amides is 1. The van der Waals surface area contributed by atoms with Crippen LogP contribution < -0.4 is 4.90 Å². The minimum absolute atomic E-state index is 0.0178. The van der Waals surface area contributed by atoms with Crippen LogP contribution in [0, 0.1) is 11.8 Å². The Morgan fingerprint density at radius 2 is 1.79 bits per heavy atom.